The third-order valence-corrected chi connectivity index (χ3v) is 6.34. The van der Waals surface area contributed by atoms with Crippen molar-refractivity contribution >= 4 is 41.4 Å². The number of aromatic nitrogens is 1. The van der Waals surface area contributed by atoms with Gasteiger partial charge in [-0.25, -0.2) is 4.98 Å². The van der Waals surface area contributed by atoms with Gasteiger partial charge in [0.15, 0.2) is 17.3 Å². The lowest BCUT2D eigenvalue weighted by molar-refractivity contribution is -0.114. The molecule has 1 aromatic heterocycles. The van der Waals surface area contributed by atoms with Gasteiger partial charge in [0.05, 0.1) is 32.6 Å². The van der Waals surface area contributed by atoms with Gasteiger partial charge in [-0.2, -0.15) is 0 Å². The Balaban J connectivity index is 0.00000336. The smallest absolute Gasteiger partial charge is 0.222 e. The molecule has 38 heavy (non-hydrogen) atoms. The molecule has 0 aliphatic carbocycles. The van der Waals surface area contributed by atoms with Crippen LogP contribution >= 0.6 is 12.4 Å². The molecule has 1 aromatic carbocycles. The number of carbonyl (C=O) groups excluding carboxylic acids is 2. The predicted molar refractivity (Wildman–Crippen MR) is 146 cm³/mol. The third-order valence-electron chi connectivity index (χ3n) is 6.34. The number of nitrogens with zero attached hydrogens (tertiary/aromatic N) is 4. The van der Waals surface area contributed by atoms with Crippen LogP contribution in [0.25, 0.3) is 0 Å². The summed E-state index contributed by atoms with van der Waals surface area (Å²) in [6.45, 7) is 7.15. The number of ketones is 1. The summed E-state index contributed by atoms with van der Waals surface area (Å²) in [5.41, 5.74) is 2.02. The van der Waals surface area contributed by atoms with Crippen LogP contribution in [0, 0.1) is 0 Å². The molecule has 3 aliphatic rings. The number of ether oxygens (including phenoxy) is 3. The zero-order valence-corrected chi connectivity index (χ0v) is 22.2. The first-order valence-corrected chi connectivity index (χ1v) is 12.3. The average molecular weight is 543 g/mol. The Bertz CT molecular complexity index is 1240. The summed E-state index contributed by atoms with van der Waals surface area (Å²) in [5.74, 6) is 2.51. The number of pyridine rings is 1. The summed E-state index contributed by atoms with van der Waals surface area (Å²) in [6.07, 6.45) is 2.99. The van der Waals surface area contributed by atoms with Crippen LogP contribution in [0.5, 0.6) is 11.5 Å². The molecule has 0 bridgehead atoms. The van der Waals surface area contributed by atoms with Crippen LogP contribution in [0.1, 0.15) is 22.8 Å². The molecule has 0 spiro atoms. The number of allylic oxidation sites excluding steroid dienone is 1. The van der Waals surface area contributed by atoms with Crippen LogP contribution < -0.4 is 20.1 Å². The topological polar surface area (TPSA) is 118 Å². The first-order chi connectivity index (χ1) is 18.0. The second kappa shape index (κ2) is 12.2. The molecule has 0 radical (unpaired) electrons. The molecule has 5 rings (SSSR count). The number of rotatable bonds is 8. The molecule has 0 unspecified atom stereocenters. The van der Waals surface area contributed by atoms with Gasteiger partial charge in [-0.1, -0.05) is 0 Å². The van der Waals surface area contributed by atoms with Crippen molar-refractivity contribution in [1.29, 1.82) is 0 Å². The van der Waals surface area contributed by atoms with Gasteiger partial charge < -0.3 is 29.7 Å². The van der Waals surface area contributed by atoms with Crippen molar-refractivity contribution in [3.05, 3.63) is 53.5 Å². The molecule has 3 aliphatic heterocycles. The van der Waals surface area contributed by atoms with Crippen molar-refractivity contribution in [3.63, 3.8) is 0 Å². The fraction of sp³-hybridized carbons (Fsp3) is 0.385. The molecular weight excluding hydrogens is 512 g/mol. The van der Waals surface area contributed by atoms with E-state index in [0.717, 1.165) is 49.9 Å². The Labute approximate surface area is 227 Å². The molecule has 0 saturated carbocycles. The average Bonchev–Trinajstić information content (AvgIpc) is 3.40. The maximum absolute atomic E-state index is 13.1. The molecule has 2 aromatic rings. The van der Waals surface area contributed by atoms with Crippen molar-refractivity contribution in [3.8, 4) is 11.5 Å². The largest absolute Gasteiger partial charge is 0.493 e. The Morgan fingerprint density at radius 3 is 2.71 bits per heavy atom. The minimum atomic E-state index is -0.225. The Hall–Kier alpha value is -3.67. The lowest BCUT2D eigenvalue weighted by Crippen LogP contribution is -2.39. The van der Waals surface area contributed by atoms with Crippen LogP contribution in [-0.4, -0.2) is 92.0 Å². The second-order valence-electron chi connectivity index (χ2n) is 8.81. The molecule has 1 saturated heterocycles. The molecule has 1 amide bonds. The third kappa shape index (κ3) is 5.90. The highest BCUT2D eigenvalue weighted by Gasteiger charge is 2.33. The lowest BCUT2D eigenvalue weighted by atomic mass is 10.1. The van der Waals surface area contributed by atoms with Crippen molar-refractivity contribution < 1.29 is 23.8 Å². The highest BCUT2D eigenvalue weighted by Crippen LogP contribution is 2.43. The quantitative estimate of drug-likeness (QED) is 0.383. The van der Waals surface area contributed by atoms with E-state index in [9.17, 15) is 9.59 Å². The zero-order valence-electron chi connectivity index (χ0n) is 21.4. The summed E-state index contributed by atoms with van der Waals surface area (Å²) in [7, 11) is 1.61. The Morgan fingerprint density at radius 2 is 2.00 bits per heavy atom. The van der Waals surface area contributed by atoms with E-state index in [1.165, 1.54) is 19.2 Å². The van der Waals surface area contributed by atoms with E-state index < -0.39 is 0 Å². The van der Waals surface area contributed by atoms with Gasteiger partial charge >= 0.3 is 0 Å². The number of hydrogen-bond donors (Lipinski definition) is 2. The molecule has 2 N–H and O–H groups in total. The van der Waals surface area contributed by atoms with Gasteiger partial charge in [0.25, 0.3) is 0 Å². The maximum atomic E-state index is 13.1. The van der Waals surface area contributed by atoms with Crippen LogP contribution in [0.2, 0.25) is 0 Å². The standard InChI is InChI=1S/C26H30N6O5.ClH/c1-17(33)29-22-6-3-18(16-28-22)20(34)15-23-30-24-19(26-27-7-8-32(23)26)4-5-21(35-2)25(24)37-14-11-31-9-12-36-13-10-31;/h3-6,15-16,30H,7-14H2,1-2H3,(H,28,29,33);1H. The molecule has 11 nitrogen and oxygen atoms in total. The van der Waals surface area contributed by atoms with Gasteiger partial charge in [0.2, 0.25) is 5.91 Å². The predicted octanol–water partition coefficient (Wildman–Crippen LogP) is 2.39. The number of halogens is 1. The minimum absolute atomic E-state index is 0. The number of fused-ring (bicyclic) bond motifs is 3. The minimum Gasteiger partial charge on any atom is -0.493 e. The van der Waals surface area contributed by atoms with E-state index in [-0.39, 0.29) is 24.1 Å². The number of amides is 1. The summed E-state index contributed by atoms with van der Waals surface area (Å²) < 4.78 is 17.3. The van der Waals surface area contributed by atoms with Crippen molar-refractivity contribution in [2.75, 3.05) is 70.3 Å². The number of amidine groups is 1. The summed E-state index contributed by atoms with van der Waals surface area (Å²) in [4.78, 5) is 37.5. The Morgan fingerprint density at radius 1 is 1.18 bits per heavy atom. The summed E-state index contributed by atoms with van der Waals surface area (Å²) >= 11 is 0. The van der Waals surface area contributed by atoms with Crippen molar-refractivity contribution in [2.45, 2.75) is 6.92 Å². The number of benzene rings is 1. The molecule has 202 valence electrons. The molecule has 0 atom stereocenters. The summed E-state index contributed by atoms with van der Waals surface area (Å²) in [5, 5.41) is 6.01. The van der Waals surface area contributed by atoms with Gasteiger partial charge in [-0.3, -0.25) is 19.5 Å². The summed E-state index contributed by atoms with van der Waals surface area (Å²) in [6, 6.07) is 7.07. The van der Waals surface area contributed by atoms with E-state index >= 15 is 0 Å². The van der Waals surface area contributed by atoms with Crippen LogP contribution in [0.15, 0.2) is 47.4 Å². The fourth-order valence-electron chi connectivity index (χ4n) is 4.50. The lowest BCUT2D eigenvalue weighted by Gasteiger charge is -2.33. The number of morpholine rings is 1. The van der Waals surface area contributed by atoms with Crippen LogP contribution in [-0.2, 0) is 9.53 Å². The molecular formula is C26H31ClN6O5. The number of aliphatic imine (C=N–C) groups is 1. The monoisotopic (exact) mass is 542 g/mol. The second-order valence-corrected chi connectivity index (χ2v) is 8.81. The van der Waals surface area contributed by atoms with Gasteiger partial charge in [-0.05, 0) is 24.3 Å². The van der Waals surface area contributed by atoms with Gasteiger partial charge in [0, 0.05) is 56.5 Å². The molecule has 12 heteroatoms. The highest BCUT2D eigenvalue weighted by molar-refractivity contribution is 6.11. The Kier molecular flexibility index (Phi) is 8.82. The first kappa shape index (κ1) is 27.4. The normalized spacial score (nSPS) is 17.5. The number of nitrogens with one attached hydrogen (secondary N) is 2. The fourth-order valence-corrected chi connectivity index (χ4v) is 4.50. The van der Waals surface area contributed by atoms with E-state index in [0.29, 0.717) is 48.4 Å². The zero-order chi connectivity index (χ0) is 25.8. The van der Waals surface area contributed by atoms with E-state index in [2.05, 4.69) is 20.5 Å². The van der Waals surface area contributed by atoms with Crippen LogP contribution in [0.3, 0.4) is 0 Å². The maximum Gasteiger partial charge on any atom is 0.222 e. The van der Waals surface area contributed by atoms with Gasteiger partial charge in [-0.15, -0.1) is 12.4 Å². The first-order valence-electron chi connectivity index (χ1n) is 12.3. The number of anilines is 2. The molecule has 4 heterocycles. The molecule has 1 fully saturated rings. The van der Waals surface area contributed by atoms with E-state index in [4.69, 9.17) is 19.2 Å². The highest BCUT2D eigenvalue weighted by atomic mass is 35.5. The number of carbonyl (C=O) groups is 2. The van der Waals surface area contributed by atoms with Crippen LogP contribution in [0.4, 0.5) is 11.5 Å². The SMILES string of the molecule is COc1ccc2c(c1OCCN1CCOCC1)NC(=CC(=O)c1ccc(NC(C)=O)nc1)N1CCN=C21.Cl. The van der Waals surface area contributed by atoms with Gasteiger partial charge in [0.1, 0.15) is 24.1 Å². The van der Waals surface area contributed by atoms with E-state index in [1.54, 1.807) is 19.2 Å². The van der Waals surface area contributed by atoms with Crippen molar-refractivity contribution in [2.24, 2.45) is 4.99 Å². The number of methoxy groups -OCH3 is 1. The van der Waals surface area contributed by atoms with E-state index in [1.807, 2.05) is 17.0 Å². The number of hydrogen-bond acceptors (Lipinski definition) is 10. The van der Waals surface area contributed by atoms with Crippen molar-refractivity contribution in [1.82, 2.24) is 14.8 Å².